The van der Waals surface area contributed by atoms with Crippen LogP contribution in [0.4, 0.5) is 0 Å². The summed E-state index contributed by atoms with van der Waals surface area (Å²) in [6, 6.07) is 0. The summed E-state index contributed by atoms with van der Waals surface area (Å²) in [4.78, 5) is 23.7. The zero-order chi connectivity index (χ0) is 12.7. The maximum Gasteiger partial charge on any atom is 0.288 e. The van der Waals surface area contributed by atoms with Gasteiger partial charge in [0.05, 0.1) is 6.67 Å². The van der Waals surface area contributed by atoms with Crippen molar-refractivity contribution in [2.24, 2.45) is 0 Å². The molecule has 0 saturated heterocycles. The number of hydrogen-bond donors (Lipinski definition) is 1. The average Bonchev–Trinajstić information content (AvgIpc) is 2.26. The Labute approximate surface area is 98.7 Å². The largest absolute Gasteiger partial charge is 0.503 e. The molecule has 2 heterocycles. The van der Waals surface area contributed by atoms with E-state index in [0.717, 1.165) is 0 Å². The summed E-state index contributed by atoms with van der Waals surface area (Å²) >= 11 is 0. The fourth-order valence-corrected chi connectivity index (χ4v) is 2.08. The van der Waals surface area contributed by atoms with Crippen molar-refractivity contribution in [3.8, 4) is 5.75 Å². The van der Waals surface area contributed by atoms with Crippen LogP contribution in [0.15, 0.2) is 11.0 Å². The lowest BCUT2D eigenvalue weighted by atomic mass is 10.2. The normalized spacial score (nSPS) is 16.2. The maximum absolute atomic E-state index is 12.1. The van der Waals surface area contributed by atoms with Crippen molar-refractivity contribution in [3.63, 3.8) is 0 Å². The van der Waals surface area contributed by atoms with Crippen LogP contribution in [0.2, 0.25) is 0 Å². The molecule has 1 aliphatic heterocycles. The summed E-state index contributed by atoms with van der Waals surface area (Å²) in [5.41, 5.74) is 0.0168. The number of carbonyl (C=O) groups excluding carboxylic acids is 1. The number of nitrogens with zero attached hydrogens (tertiary/aromatic N) is 3. The van der Waals surface area contributed by atoms with Crippen LogP contribution < -0.4 is 5.43 Å². The van der Waals surface area contributed by atoms with Gasteiger partial charge in [-0.1, -0.05) is 0 Å². The highest BCUT2D eigenvalue weighted by molar-refractivity contribution is 5.95. The summed E-state index contributed by atoms with van der Waals surface area (Å²) in [5, 5.41) is 13.0. The van der Waals surface area contributed by atoms with Gasteiger partial charge in [-0.2, -0.15) is 0 Å². The van der Waals surface area contributed by atoms with Crippen molar-refractivity contribution in [2.75, 3.05) is 13.6 Å². The first-order valence-electron chi connectivity index (χ1n) is 5.43. The van der Waals surface area contributed by atoms with Crippen molar-refractivity contribution in [1.82, 2.24) is 14.6 Å². The monoisotopic (exact) mass is 237 g/mol. The van der Waals surface area contributed by atoms with Crippen LogP contribution in [0.5, 0.6) is 5.75 Å². The lowest BCUT2D eigenvalue weighted by Crippen LogP contribution is -2.50. The Balaban J connectivity index is 2.66. The van der Waals surface area contributed by atoms with Gasteiger partial charge < -0.3 is 9.67 Å². The van der Waals surface area contributed by atoms with E-state index in [-0.39, 0.29) is 11.6 Å². The molecule has 17 heavy (non-hydrogen) atoms. The second kappa shape index (κ2) is 3.89. The van der Waals surface area contributed by atoms with E-state index in [9.17, 15) is 14.7 Å². The van der Waals surface area contributed by atoms with Gasteiger partial charge in [-0.25, -0.2) is 5.01 Å². The molecule has 92 valence electrons. The molecule has 1 aromatic rings. The Morgan fingerprint density at radius 2 is 2.06 bits per heavy atom. The van der Waals surface area contributed by atoms with Crippen LogP contribution >= 0.6 is 0 Å². The van der Waals surface area contributed by atoms with Gasteiger partial charge in [-0.05, 0) is 13.8 Å². The molecular formula is C11H15N3O3. The van der Waals surface area contributed by atoms with E-state index in [0.29, 0.717) is 18.8 Å². The van der Waals surface area contributed by atoms with Gasteiger partial charge in [0.1, 0.15) is 0 Å². The van der Waals surface area contributed by atoms with E-state index in [4.69, 9.17) is 0 Å². The highest BCUT2D eigenvalue weighted by Gasteiger charge is 2.31. The molecule has 0 radical (unpaired) electrons. The van der Waals surface area contributed by atoms with Crippen molar-refractivity contribution in [1.29, 1.82) is 0 Å². The molecule has 0 aliphatic carbocycles. The van der Waals surface area contributed by atoms with E-state index < -0.39 is 11.2 Å². The van der Waals surface area contributed by atoms with Crippen LogP contribution in [0, 0.1) is 6.92 Å². The number of pyridine rings is 1. The zero-order valence-corrected chi connectivity index (χ0v) is 10.1. The number of hydrazine groups is 1. The van der Waals surface area contributed by atoms with E-state index in [1.807, 2.05) is 6.92 Å². The number of rotatable bonds is 1. The summed E-state index contributed by atoms with van der Waals surface area (Å²) in [7, 11) is 1.79. The van der Waals surface area contributed by atoms with Gasteiger partial charge in [0.2, 0.25) is 5.43 Å². The second-order valence-electron chi connectivity index (χ2n) is 4.13. The standard InChI is InChI=1S/C11H15N3O3/c1-4-14-11(17)8-10(16)9(15)7(2)5-13(8)6-12(14)3/h5,16H,4,6H2,1-3H3. The Morgan fingerprint density at radius 3 is 2.65 bits per heavy atom. The average molecular weight is 237 g/mol. The van der Waals surface area contributed by atoms with Crippen LogP contribution in [0.25, 0.3) is 0 Å². The number of aromatic nitrogens is 1. The quantitative estimate of drug-likeness (QED) is 0.754. The number of amides is 1. The Bertz CT molecular complexity index is 535. The number of carbonyl (C=O) groups is 1. The minimum absolute atomic E-state index is 0.0700. The predicted molar refractivity (Wildman–Crippen MR) is 61.6 cm³/mol. The van der Waals surface area contributed by atoms with E-state index in [1.54, 1.807) is 29.7 Å². The van der Waals surface area contributed by atoms with Crippen molar-refractivity contribution in [3.05, 3.63) is 27.7 Å². The second-order valence-corrected chi connectivity index (χ2v) is 4.13. The van der Waals surface area contributed by atoms with E-state index in [1.165, 1.54) is 5.01 Å². The van der Waals surface area contributed by atoms with Crippen molar-refractivity contribution >= 4 is 5.91 Å². The smallest absolute Gasteiger partial charge is 0.288 e. The van der Waals surface area contributed by atoms with Gasteiger partial charge in [0.15, 0.2) is 11.4 Å². The third kappa shape index (κ3) is 1.61. The molecule has 1 N–H and O–H groups in total. The minimum atomic E-state index is -0.481. The lowest BCUT2D eigenvalue weighted by Gasteiger charge is -2.37. The molecule has 0 saturated carbocycles. The first kappa shape index (κ1) is 11.7. The van der Waals surface area contributed by atoms with Crippen molar-refractivity contribution < 1.29 is 9.90 Å². The predicted octanol–water partition coefficient (Wildman–Crippen LogP) is 0.142. The highest BCUT2D eigenvalue weighted by atomic mass is 16.3. The Morgan fingerprint density at radius 1 is 1.41 bits per heavy atom. The van der Waals surface area contributed by atoms with Crippen LogP contribution in [0.1, 0.15) is 23.0 Å². The molecular weight excluding hydrogens is 222 g/mol. The molecule has 6 heteroatoms. The van der Waals surface area contributed by atoms with Gasteiger partial charge in [0, 0.05) is 25.4 Å². The maximum atomic E-state index is 12.1. The summed E-state index contributed by atoms with van der Waals surface area (Å²) in [6.45, 7) is 4.39. The third-order valence-electron chi connectivity index (χ3n) is 2.94. The molecule has 6 nitrogen and oxygen atoms in total. The van der Waals surface area contributed by atoms with Crippen LogP contribution in [-0.2, 0) is 6.67 Å². The Hall–Kier alpha value is -1.82. The van der Waals surface area contributed by atoms with Crippen molar-refractivity contribution in [2.45, 2.75) is 20.5 Å². The van der Waals surface area contributed by atoms with Gasteiger partial charge in [-0.15, -0.1) is 0 Å². The summed E-state index contributed by atoms with van der Waals surface area (Å²) in [6.07, 6.45) is 1.60. The number of aryl methyl sites for hydroxylation is 1. The third-order valence-corrected chi connectivity index (χ3v) is 2.94. The molecule has 0 atom stereocenters. The SMILES string of the molecule is CCN1C(=O)c2c(O)c(=O)c(C)cn2CN1C. The molecule has 1 amide bonds. The van der Waals surface area contributed by atoms with Gasteiger partial charge >= 0.3 is 0 Å². The molecule has 0 bridgehead atoms. The lowest BCUT2D eigenvalue weighted by molar-refractivity contribution is -0.0229. The molecule has 2 rings (SSSR count). The molecule has 1 aliphatic rings. The van der Waals surface area contributed by atoms with Gasteiger partial charge in [0.25, 0.3) is 5.91 Å². The number of aromatic hydroxyl groups is 1. The number of fused-ring (bicyclic) bond motifs is 1. The van der Waals surface area contributed by atoms with Crippen LogP contribution in [0.3, 0.4) is 0 Å². The molecule has 0 spiro atoms. The first-order chi connectivity index (χ1) is 7.97. The fraction of sp³-hybridized carbons (Fsp3) is 0.455. The topological polar surface area (TPSA) is 65.8 Å². The molecule has 0 aromatic carbocycles. The fourth-order valence-electron chi connectivity index (χ4n) is 2.08. The first-order valence-corrected chi connectivity index (χ1v) is 5.43. The Kier molecular flexibility index (Phi) is 2.66. The minimum Gasteiger partial charge on any atom is -0.503 e. The summed E-state index contributed by atoms with van der Waals surface area (Å²) in [5.74, 6) is -0.808. The zero-order valence-electron chi connectivity index (χ0n) is 10.1. The van der Waals surface area contributed by atoms with Crippen LogP contribution in [-0.4, -0.2) is 39.2 Å². The van der Waals surface area contributed by atoms with E-state index >= 15 is 0 Å². The molecule has 0 fully saturated rings. The molecule has 0 unspecified atom stereocenters. The number of hydrogen-bond acceptors (Lipinski definition) is 4. The summed E-state index contributed by atoms with van der Waals surface area (Å²) < 4.78 is 1.60. The van der Waals surface area contributed by atoms with Gasteiger partial charge in [-0.3, -0.25) is 14.6 Å². The highest BCUT2D eigenvalue weighted by Crippen LogP contribution is 2.21. The van der Waals surface area contributed by atoms with E-state index in [2.05, 4.69) is 0 Å². The molecule has 1 aromatic heterocycles.